The monoisotopic (exact) mass is 188 g/mol. The zero-order chi connectivity index (χ0) is 9.54. The Bertz CT molecular complexity index is 466. The summed E-state index contributed by atoms with van der Waals surface area (Å²) < 4.78 is 4.00. The third kappa shape index (κ3) is 0.937. The molecule has 0 radical (unpaired) electrons. The van der Waals surface area contributed by atoms with E-state index in [9.17, 15) is 0 Å². The predicted molar refractivity (Wildman–Crippen MR) is 52.8 cm³/mol. The zero-order valence-corrected chi connectivity index (χ0v) is 8.14. The van der Waals surface area contributed by atoms with Gasteiger partial charge in [0.15, 0.2) is 0 Å². The highest BCUT2D eigenvalue weighted by atomic mass is 15.3. The van der Waals surface area contributed by atoms with Crippen molar-refractivity contribution in [3.8, 4) is 11.3 Å². The van der Waals surface area contributed by atoms with Crippen molar-refractivity contribution in [2.24, 2.45) is 7.05 Å². The molecule has 72 valence electrons. The van der Waals surface area contributed by atoms with Crippen LogP contribution < -0.4 is 0 Å². The Morgan fingerprint density at radius 1 is 1.36 bits per heavy atom. The number of aryl methyl sites for hydroxylation is 2. The van der Waals surface area contributed by atoms with E-state index in [1.165, 1.54) is 17.7 Å². The Labute approximate surface area is 82.2 Å². The highest BCUT2D eigenvalue weighted by Crippen LogP contribution is 2.27. The van der Waals surface area contributed by atoms with Crippen molar-refractivity contribution < 1.29 is 0 Å². The summed E-state index contributed by atoms with van der Waals surface area (Å²) in [5.74, 6) is 0. The zero-order valence-electron chi connectivity index (χ0n) is 8.14. The molecule has 1 aliphatic rings. The van der Waals surface area contributed by atoms with Crippen LogP contribution in [0.5, 0.6) is 0 Å². The van der Waals surface area contributed by atoms with Crippen molar-refractivity contribution in [2.75, 3.05) is 0 Å². The quantitative estimate of drug-likeness (QED) is 0.674. The molecule has 3 heterocycles. The fourth-order valence-corrected chi connectivity index (χ4v) is 2.12. The average Bonchev–Trinajstić information content (AvgIpc) is 2.78. The van der Waals surface area contributed by atoms with Gasteiger partial charge in [-0.1, -0.05) is 0 Å². The summed E-state index contributed by atoms with van der Waals surface area (Å²) in [7, 11) is 1.97. The minimum atomic E-state index is 1.06. The van der Waals surface area contributed by atoms with E-state index in [1.807, 2.05) is 30.2 Å². The third-order valence-electron chi connectivity index (χ3n) is 2.83. The molecule has 0 aromatic carbocycles. The minimum Gasteiger partial charge on any atom is -0.269 e. The average molecular weight is 188 g/mol. The first-order valence-corrected chi connectivity index (χ1v) is 4.89. The van der Waals surface area contributed by atoms with E-state index in [1.54, 1.807) is 0 Å². The Morgan fingerprint density at radius 3 is 3.07 bits per heavy atom. The normalized spacial score (nSPS) is 14.6. The lowest BCUT2D eigenvalue weighted by Gasteiger charge is -2.00. The van der Waals surface area contributed by atoms with Gasteiger partial charge < -0.3 is 0 Å². The first-order valence-electron chi connectivity index (χ1n) is 4.89. The maximum atomic E-state index is 4.37. The highest BCUT2D eigenvalue weighted by Gasteiger charge is 2.18. The van der Waals surface area contributed by atoms with Crippen LogP contribution in [0.1, 0.15) is 12.1 Å². The second-order valence-corrected chi connectivity index (χ2v) is 3.67. The van der Waals surface area contributed by atoms with Crippen molar-refractivity contribution >= 4 is 0 Å². The van der Waals surface area contributed by atoms with Gasteiger partial charge in [0.2, 0.25) is 0 Å². The van der Waals surface area contributed by atoms with Crippen LogP contribution in [0.15, 0.2) is 18.5 Å². The fraction of sp³-hybridized carbons (Fsp3) is 0.400. The SMILES string of the molecule is Cn1nccc1-c1cnn2c1CCC2. The molecule has 0 bridgehead atoms. The van der Waals surface area contributed by atoms with E-state index in [0.29, 0.717) is 0 Å². The number of hydrogen-bond acceptors (Lipinski definition) is 2. The number of aromatic nitrogens is 4. The van der Waals surface area contributed by atoms with Gasteiger partial charge >= 0.3 is 0 Å². The Balaban J connectivity index is 2.17. The molecule has 3 rings (SSSR count). The molecule has 0 saturated heterocycles. The topological polar surface area (TPSA) is 35.6 Å². The maximum absolute atomic E-state index is 4.37. The standard InChI is InChI=1S/C10H12N4/c1-13-9(4-5-11-13)8-7-12-14-6-2-3-10(8)14/h4-5,7H,2-3,6H2,1H3. The number of hydrogen-bond donors (Lipinski definition) is 0. The molecular weight excluding hydrogens is 176 g/mol. The summed E-state index contributed by atoms with van der Waals surface area (Å²) in [6, 6.07) is 2.04. The van der Waals surface area contributed by atoms with Crippen LogP contribution in [-0.2, 0) is 20.0 Å². The van der Waals surface area contributed by atoms with E-state index >= 15 is 0 Å². The Hall–Kier alpha value is -1.58. The molecule has 1 aliphatic heterocycles. The maximum Gasteiger partial charge on any atom is 0.0713 e. The van der Waals surface area contributed by atoms with E-state index in [0.717, 1.165) is 18.7 Å². The molecule has 0 aliphatic carbocycles. The van der Waals surface area contributed by atoms with Crippen LogP contribution in [0, 0.1) is 0 Å². The van der Waals surface area contributed by atoms with Gasteiger partial charge in [0.25, 0.3) is 0 Å². The molecule has 0 atom stereocenters. The second-order valence-electron chi connectivity index (χ2n) is 3.67. The lowest BCUT2D eigenvalue weighted by molar-refractivity contribution is 0.656. The second kappa shape index (κ2) is 2.70. The summed E-state index contributed by atoms with van der Waals surface area (Å²) in [6.07, 6.45) is 6.13. The van der Waals surface area contributed by atoms with Crippen LogP contribution in [0.25, 0.3) is 11.3 Å². The molecular formula is C10H12N4. The van der Waals surface area contributed by atoms with Gasteiger partial charge in [-0.25, -0.2) is 0 Å². The minimum absolute atomic E-state index is 1.06. The number of nitrogens with zero attached hydrogens (tertiary/aromatic N) is 4. The summed E-state index contributed by atoms with van der Waals surface area (Å²) in [5.41, 5.74) is 3.75. The van der Waals surface area contributed by atoms with Gasteiger partial charge in [-0.2, -0.15) is 10.2 Å². The van der Waals surface area contributed by atoms with Crippen LogP contribution in [-0.4, -0.2) is 19.6 Å². The highest BCUT2D eigenvalue weighted by molar-refractivity contribution is 5.61. The van der Waals surface area contributed by atoms with Crippen LogP contribution in [0.2, 0.25) is 0 Å². The van der Waals surface area contributed by atoms with Gasteiger partial charge in [0.05, 0.1) is 11.9 Å². The summed E-state index contributed by atoms with van der Waals surface area (Å²) >= 11 is 0. The first kappa shape index (κ1) is 7.79. The molecule has 2 aromatic heterocycles. The Morgan fingerprint density at radius 2 is 2.29 bits per heavy atom. The molecule has 0 fully saturated rings. The Kier molecular flexibility index (Phi) is 1.50. The van der Waals surface area contributed by atoms with E-state index in [4.69, 9.17) is 0 Å². The smallest absolute Gasteiger partial charge is 0.0713 e. The van der Waals surface area contributed by atoms with Crippen LogP contribution in [0.4, 0.5) is 0 Å². The molecule has 0 saturated carbocycles. The molecule has 0 N–H and O–H groups in total. The molecule has 0 amide bonds. The number of fused-ring (bicyclic) bond motifs is 1. The van der Waals surface area contributed by atoms with Crippen molar-refractivity contribution in [3.63, 3.8) is 0 Å². The summed E-state index contributed by atoms with van der Waals surface area (Å²) in [5, 5.41) is 8.55. The van der Waals surface area contributed by atoms with E-state index in [-0.39, 0.29) is 0 Å². The molecule has 14 heavy (non-hydrogen) atoms. The largest absolute Gasteiger partial charge is 0.269 e. The van der Waals surface area contributed by atoms with Crippen LogP contribution in [0.3, 0.4) is 0 Å². The molecule has 4 heteroatoms. The summed E-state index contributed by atoms with van der Waals surface area (Å²) in [4.78, 5) is 0. The predicted octanol–water partition coefficient (Wildman–Crippen LogP) is 1.23. The van der Waals surface area contributed by atoms with Crippen molar-refractivity contribution in [3.05, 3.63) is 24.2 Å². The van der Waals surface area contributed by atoms with Gasteiger partial charge in [-0.3, -0.25) is 9.36 Å². The fourth-order valence-electron chi connectivity index (χ4n) is 2.12. The molecule has 0 unspecified atom stereocenters. The van der Waals surface area contributed by atoms with Gasteiger partial charge in [-0.15, -0.1) is 0 Å². The van der Waals surface area contributed by atoms with Gasteiger partial charge in [0, 0.05) is 31.0 Å². The molecule has 2 aromatic rings. The van der Waals surface area contributed by atoms with Crippen molar-refractivity contribution in [2.45, 2.75) is 19.4 Å². The van der Waals surface area contributed by atoms with E-state index < -0.39 is 0 Å². The van der Waals surface area contributed by atoms with Crippen molar-refractivity contribution in [1.82, 2.24) is 19.6 Å². The molecule has 0 spiro atoms. The van der Waals surface area contributed by atoms with E-state index in [2.05, 4.69) is 14.9 Å². The number of rotatable bonds is 1. The molecule has 4 nitrogen and oxygen atoms in total. The third-order valence-corrected chi connectivity index (χ3v) is 2.83. The first-order chi connectivity index (χ1) is 6.86. The van der Waals surface area contributed by atoms with Crippen molar-refractivity contribution in [1.29, 1.82) is 0 Å². The van der Waals surface area contributed by atoms with Gasteiger partial charge in [0.1, 0.15) is 0 Å². The van der Waals surface area contributed by atoms with Gasteiger partial charge in [-0.05, 0) is 18.9 Å². The van der Waals surface area contributed by atoms with Crippen LogP contribution >= 0.6 is 0 Å². The summed E-state index contributed by atoms with van der Waals surface area (Å²) in [6.45, 7) is 1.06. The lowest BCUT2D eigenvalue weighted by Crippen LogP contribution is -1.96. The lowest BCUT2D eigenvalue weighted by atomic mass is 10.1.